The maximum absolute atomic E-state index is 14.8. The lowest BCUT2D eigenvalue weighted by atomic mass is 9.98. The van der Waals surface area contributed by atoms with Crippen LogP contribution in [0.2, 0.25) is 0 Å². The van der Waals surface area contributed by atoms with Gasteiger partial charge >= 0.3 is 5.97 Å². The molecule has 0 aliphatic rings. The van der Waals surface area contributed by atoms with E-state index in [-0.39, 0.29) is 74.5 Å². The summed E-state index contributed by atoms with van der Waals surface area (Å²) in [7, 11) is 0. The molecule has 3 aromatic carbocycles. The van der Waals surface area contributed by atoms with Crippen LogP contribution in [0.25, 0.3) is 0 Å². The zero-order chi connectivity index (χ0) is 60.5. The smallest absolute Gasteiger partial charge is 0.326 e. The van der Waals surface area contributed by atoms with Crippen LogP contribution in [0.15, 0.2) is 91.0 Å². The average Bonchev–Trinajstić information content (AvgIpc) is 3.38. The number of rotatable bonds is 34. The Morgan fingerprint density at radius 3 is 0.790 bits per heavy atom. The lowest BCUT2D eigenvalue weighted by Crippen LogP contribution is -2.61. The molecule has 0 aromatic heterocycles. The number of carbonyl (C=O) groups is 9. The van der Waals surface area contributed by atoms with Gasteiger partial charge in [-0.1, -0.05) is 174 Å². The molecule has 0 unspecified atom stereocenters. The zero-order valence-corrected chi connectivity index (χ0v) is 49.7. The summed E-state index contributed by atoms with van der Waals surface area (Å²) in [4.78, 5) is 126. The van der Waals surface area contributed by atoms with Crippen LogP contribution in [-0.2, 0) is 62.4 Å². The van der Waals surface area contributed by atoms with Crippen molar-refractivity contribution in [2.75, 3.05) is 0 Å². The van der Waals surface area contributed by atoms with Crippen LogP contribution in [0.3, 0.4) is 0 Å². The van der Waals surface area contributed by atoms with E-state index in [1.807, 2.05) is 81.4 Å². The minimum atomic E-state index is -1.29. The van der Waals surface area contributed by atoms with Gasteiger partial charge in [-0.2, -0.15) is 0 Å². The van der Waals surface area contributed by atoms with Crippen LogP contribution in [0, 0.1) is 35.5 Å². The van der Waals surface area contributed by atoms with Crippen molar-refractivity contribution >= 4 is 53.2 Å². The molecule has 8 amide bonds. The molecule has 11 N–H and O–H groups in total. The molecule has 0 bridgehead atoms. The van der Waals surface area contributed by atoms with E-state index in [0.717, 1.165) is 0 Å². The average molecular weight is 1120 g/mol. The number of hydrogen-bond donors (Lipinski definition) is 10. The first kappa shape index (κ1) is 68.1. The molecule has 19 nitrogen and oxygen atoms in total. The highest BCUT2D eigenvalue weighted by Crippen LogP contribution is 2.16. The first-order valence-corrected chi connectivity index (χ1v) is 28.7. The standard InChI is InChI=1S/C62H93N9O10/c1-36(2)28-45(63)54(72)64-46(29-37(3)4)55(73)68-52(35-44-26-20-15-21-27-44)60(78)70-51(34-43-24-18-14-19-25-43)58(76)66-47(30-38(5)6)56(74)65-48(31-39(7)8)57(75)69-50(33-42-22-16-13-17-23-42)59(77)67-49(32-40(9)10)61(79)71-53(41(11)12)62(80)81/h13-27,36-41,45-53H,28-35,63H2,1-12H3,(H,64,72)(H,65,74)(H,66,76)(H,67,77)(H,68,73)(H,69,75)(H,70,78)(H,71,79)(H,80,81)/t45-,46-,47-,48-,49-,50-,51-,52-,53-/m0/s1. The van der Waals surface area contributed by atoms with Crippen molar-refractivity contribution in [3.63, 3.8) is 0 Å². The van der Waals surface area contributed by atoms with Gasteiger partial charge in [0.1, 0.15) is 48.3 Å². The Kier molecular flexibility index (Phi) is 28.8. The third-order valence-electron chi connectivity index (χ3n) is 13.4. The van der Waals surface area contributed by atoms with Gasteiger partial charge in [0.15, 0.2) is 0 Å². The number of amides is 8. The van der Waals surface area contributed by atoms with E-state index in [1.54, 1.807) is 92.7 Å². The second kappa shape index (κ2) is 34.2. The van der Waals surface area contributed by atoms with Gasteiger partial charge in [-0.15, -0.1) is 0 Å². The zero-order valence-electron chi connectivity index (χ0n) is 49.7. The highest BCUT2D eigenvalue weighted by Gasteiger charge is 2.36. The van der Waals surface area contributed by atoms with Crippen molar-refractivity contribution in [1.29, 1.82) is 0 Å². The molecular weight excluding hydrogens is 1030 g/mol. The summed E-state index contributed by atoms with van der Waals surface area (Å²) >= 11 is 0. The Morgan fingerprint density at radius 1 is 0.333 bits per heavy atom. The molecular formula is C62H93N9O10. The number of carbonyl (C=O) groups excluding carboxylic acids is 8. The number of carboxylic acid groups (broad SMARTS) is 1. The van der Waals surface area contributed by atoms with Crippen LogP contribution in [0.1, 0.15) is 132 Å². The van der Waals surface area contributed by atoms with Crippen LogP contribution in [0.5, 0.6) is 0 Å². The van der Waals surface area contributed by atoms with Gasteiger partial charge in [0.05, 0.1) is 6.04 Å². The van der Waals surface area contributed by atoms with Gasteiger partial charge in [-0.3, -0.25) is 38.4 Å². The van der Waals surface area contributed by atoms with Crippen molar-refractivity contribution in [1.82, 2.24) is 42.5 Å². The number of nitrogens with two attached hydrogens (primary N) is 1. The third-order valence-corrected chi connectivity index (χ3v) is 13.4. The van der Waals surface area contributed by atoms with Crippen LogP contribution in [-0.4, -0.2) is 113 Å². The van der Waals surface area contributed by atoms with Crippen LogP contribution in [0.4, 0.5) is 0 Å². The van der Waals surface area contributed by atoms with Gasteiger partial charge < -0.3 is 53.4 Å². The molecule has 0 fully saturated rings. The minimum Gasteiger partial charge on any atom is -0.480 e. The predicted octanol–water partition coefficient (Wildman–Crippen LogP) is 4.89. The van der Waals surface area contributed by atoms with Crippen molar-refractivity contribution in [3.8, 4) is 0 Å². The number of hydrogen-bond acceptors (Lipinski definition) is 10. The van der Waals surface area contributed by atoms with Gasteiger partial charge in [0.25, 0.3) is 0 Å². The molecule has 81 heavy (non-hydrogen) atoms. The van der Waals surface area contributed by atoms with E-state index in [4.69, 9.17) is 5.73 Å². The summed E-state index contributed by atoms with van der Waals surface area (Å²) in [6.45, 7) is 22.2. The summed E-state index contributed by atoms with van der Waals surface area (Å²) in [5, 5.41) is 32.2. The molecule has 0 saturated carbocycles. The quantitative estimate of drug-likeness (QED) is 0.0384. The topological polar surface area (TPSA) is 296 Å². The van der Waals surface area contributed by atoms with Gasteiger partial charge in [-0.05, 0) is 84.3 Å². The van der Waals surface area contributed by atoms with E-state index in [0.29, 0.717) is 23.1 Å². The fourth-order valence-corrected chi connectivity index (χ4v) is 9.28. The molecule has 19 heteroatoms. The van der Waals surface area contributed by atoms with Crippen LogP contribution < -0.4 is 48.3 Å². The molecule has 0 heterocycles. The predicted molar refractivity (Wildman–Crippen MR) is 314 cm³/mol. The Balaban J connectivity index is 1.99. The molecule has 3 aromatic rings. The minimum absolute atomic E-state index is 0.000794. The van der Waals surface area contributed by atoms with Crippen molar-refractivity contribution in [3.05, 3.63) is 108 Å². The maximum atomic E-state index is 14.8. The lowest BCUT2D eigenvalue weighted by Gasteiger charge is -2.29. The Morgan fingerprint density at radius 2 is 0.556 bits per heavy atom. The number of aliphatic carboxylic acids is 1. The van der Waals surface area contributed by atoms with Crippen LogP contribution >= 0.6 is 0 Å². The molecule has 446 valence electrons. The third kappa shape index (κ3) is 25.0. The molecule has 0 aliphatic heterocycles. The SMILES string of the molecule is CC(C)C[C@H](NC(=O)[C@H](Cc1ccccc1)NC(=O)[C@H](Cc1ccccc1)NC(=O)[C@H](CC(C)C)NC(=O)[C@@H](N)CC(C)C)C(=O)N[C@@H](CC(C)C)C(=O)N[C@@H](Cc1ccccc1)C(=O)N[C@@H](CC(C)C)C(=O)N[C@H](C(=O)O)C(C)C. The van der Waals surface area contributed by atoms with Crippen molar-refractivity contribution < 1.29 is 48.3 Å². The fraction of sp³-hybridized carbons (Fsp3) is 0.565. The fourth-order valence-electron chi connectivity index (χ4n) is 9.28. The number of carboxylic acids is 1. The van der Waals surface area contributed by atoms with E-state index < -0.39 is 114 Å². The molecule has 3 rings (SSSR count). The molecule has 0 radical (unpaired) electrons. The highest BCUT2D eigenvalue weighted by atomic mass is 16.4. The summed E-state index contributed by atoms with van der Waals surface area (Å²) in [6, 6.07) is 16.4. The summed E-state index contributed by atoms with van der Waals surface area (Å²) in [5.74, 6) is -7.29. The summed E-state index contributed by atoms with van der Waals surface area (Å²) in [6.07, 6.45) is 1.07. The Hall–Kier alpha value is -7.15. The van der Waals surface area contributed by atoms with E-state index >= 15 is 0 Å². The normalized spacial score (nSPS) is 14.9. The lowest BCUT2D eigenvalue weighted by molar-refractivity contribution is -0.143. The highest BCUT2D eigenvalue weighted by molar-refractivity contribution is 5.98. The van der Waals surface area contributed by atoms with E-state index in [9.17, 15) is 48.3 Å². The Labute approximate surface area is 480 Å². The second-order valence-corrected chi connectivity index (χ2v) is 23.8. The maximum Gasteiger partial charge on any atom is 0.326 e. The number of nitrogens with one attached hydrogen (secondary N) is 8. The monoisotopic (exact) mass is 1120 g/mol. The Bertz CT molecular complexity index is 2490. The van der Waals surface area contributed by atoms with Crippen molar-refractivity contribution in [2.45, 2.75) is 189 Å². The number of benzene rings is 3. The van der Waals surface area contributed by atoms with Crippen molar-refractivity contribution in [2.24, 2.45) is 41.2 Å². The molecule has 0 spiro atoms. The summed E-state index contributed by atoms with van der Waals surface area (Å²) < 4.78 is 0. The van der Waals surface area contributed by atoms with E-state index in [1.165, 1.54) is 0 Å². The first-order valence-electron chi connectivity index (χ1n) is 28.7. The molecule has 9 atom stereocenters. The molecule has 0 saturated heterocycles. The first-order chi connectivity index (χ1) is 38.1. The largest absolute Gasteiger partial charge is 0.480 e. The van der Waals surface area contributed by atoms with E-state index in [2.05, 4.69) is 42.5 Å². The molecule has 0 aliphatic carbocycles. The van der Waals surface area contributed by atoms with Gasteiger partial charge in [-0.25, -0.2) is 4.79 Å². The second-order valence-electron chi connectivity index (χ2n) is 23.8. The summed E-state index contributed by atoms with van der Waals surface area (Å²) in [5.41, 5.74) is 8.29. The van der Waals surface area contributed by atoms with Gasteiger partial charge in [0, 0.05) is 19.3 Å². The van der Waals surface area contributed by atoms with Gasteiger partial charge in [0.2, 0.25) is 47.3 Å².